The third-order valence-electron chi connectivity index (χ3n) is 2.42. The molecule has 0 saturated heterocycles. The van der Waals surface area contributed by atoms with Gasteiger partial charge in [0, 0.05) is 10.6 Å². The van der Waals surface area contributed by atoms with Crippen LogP contribution in [0.15, 0.2) is 42.6 Å². The molecule has 0 aliphatic carbocycles. The van der Waals surface area contributed by atoms with E-state index in [-0.39, 0.29) is 5.75 Å². The number of pyridine rings is 1. The molecule has 4 nitrogen and oxygen atoms in total. The van der Waals surface area contributed by atoms with Gasteiger partial charge in [-0.05, 0) is 36.4 Å². The summed E-state index contributed by atoms with van der Waals surface area (Å²) in [5, 5.41) is 14.3. The van der Waals surface area contributed by atoms with E-state index in [1.165, 1.54) is 6.20 Å². The fraction of sp³-hybridized carbons (Fsp3) is 0. The molecule has 1 aromatic carbocycles. The standard InChI is InChI=1S/C12H8ClN3O/c13-9-3-1-8(2-4-9)12-14-11-6-5-10(17)7-16(11)15-12/h1-7,17H. The lowest BCUT2D eigenvalue weighted by atomic mass is 10.2. The zero-order valence-electron chi connectivity index (χ0n) is 8.71. The number of hydrogen-bond acceptors (Lipinski definition) is 3. The fourth-order valence-electron chi connectivity index (χ4n) is 1.59. The first-order valence-corrected chi connectivity index (χ1v) is 5.41. The smallest absolute Gasteiger partial charge is 0.182 e. The minimum absolute atomic E-state index is 0.157. The second-order valence-electron chi connectivity index (χ2n) is 3.63. The highest BCUT2D eigenvalue weighted by Gasteiger charge is 2.06. The van der Waals surface area contributed by atoms with Crippen LogP contribution in [0.5, 0.6) is 5.75 Å². The Morgan fingerprint density at radius 2 is 1.82 bits per heavy atom. The highest BCUT2D eigenvalue weighted by molar-refractivity contribution is 6.30. The van der Waals surface area contributed by atoms with Crippen molar-refractivity contribution >= 4 is 17.2 Å². The van der Waals surface area contributed by atoms with Crippen LogP contribution in [-0.2, 0) is 0 Å². The van der Waals surface area contributed by atoms with Crippen molar-refractivity contribution in [2.24, 2.45) is 0 Å². The van der Waals surface area contributed by atoms with Crippen LogP contribution in [0.3, 0.4) is 0 Å². The van der Waals surface area contributed by atoms with Gasteiger partial charge in [0.2, 0.25) is 0 Å². The number of fused-ring (bicyclic) bond motifs is 1. The monoisotopic (exact) mass is 245 g/mol. The van der Waals surface area contributed by atoms with Gasteiger partial charge in [-0.2, -0.15) is 0 Å². The zero-order chi connectivity index (χ0) is 11.8. The van der Waals surface area contributed by atoms with E-state index in [4.69, 9.17) is 11.6 Å². The Morgan fingerprint density at radius 3 is 2.59 bits per heavy atom. The normalized spacial score (nSPS) is 10.9. The van der Waals surface area contributed by atoms with Crippen LogP contribution in [0.1, 0.15) is 0 Å². The van der Waals surface area contributed by atoms with Gasteiger partial charge in [0.1, 0.15) is 5.75 Å². The van der Waals surface area contributed by atoms with E-state index in [2.05, 4.69) is 10.1 Å². The Hall–Kier alpha value is -2.07. The first-order valence-electron chi connectivity index (χ1n) is 5.04. The number of halogens is 1. The Balaban J connectivity index is 2.14. The lowest BCUT2D eigenvalue weighted by Gasteiger charge is -1.93. The summed E-state index contributed by atoms with van der Waals surface area (Å²) in [5.41, 5.74) is 1.57. The molecule has 17 heavy (non-hydrogen) atoms. The van der Waals surface area contributed by atoms with Crippen molar-refractivity contribution in [3.8, 4) is 17.1 Å². The van der Waals surface area contributed by atoms with Crippen LogP contribution in [-0.4, -0.2) is 19.7 Å². The molecule has 2 heterocycles. The van der Waals surface area contributed by atoms with Crippen LogP contribution in [0.2, 0.25) is 5.02 Å². The maximum absolute atomic E-state index is 9.34. The number of hydrogen-bond donors (Lipinski definition) is 1. The van der Waals surface area contributed by atoms with E-state index in [9.17, 15) is 5.11 Å². The van der Waals surface area contributed by atoms with Crippen molar-refractivity contribution in [3.05, 3.63) is 47.6 Å². The van der Waals surface area contributed by atoms with E-state index >= 15 is 0 Å². The fourth-order valence-corrected chi connectivity index (χ4v) is 1.72. The molecule has 0 spiro atoms. The van der Waals surface area contributed by atoms with Crippen LogP contribution in [0, 0.1) is 0 Å². The number of rotatable bonds is 1. The van der Waals surface area contributed by atoms with Gasteiger partial charge in [0.05, 0.1) is 6.20 Å². The van der Waals surface area contributed by atoms with E-state index in [1.54, 1.807) is 28.8 Å². The van der Waals surface area contributed by atoms with Gasteiger partial charge < -0.3 is 5.11 Å². The third-order valence-corrected chi connectivity index (χ3v) is 2.67. The molecule has 0 aliphatic heterocycles. The van der Waals surface area contributed by atoms with Gasteiger partial charge in [-0.1, -0.05) is 11.6 Å². The van der Waals surface area contributed by atoms with Crippen LogP contribution < -0.4 is 0 Å². The summed E-state index contributed by atoms with van der Waals surface area (Å²) >= 11 is 5.82. The van der Waals surface area contributed by atoms with Crippen molar-refractivity contribution in [3.63, 3.8) is 0 Å². The Morgan fingerprint density at radius 1 is 1.06 bits per heavy atom. The highest BCUT2D eigenvalue weighted by Crippen LogP contribution is 2.19. The average Bonchev–Trinajstić information content (AvgIpc) is 2.72. The first-order chi connectivity index (χ1) is 8.22. The van der Waals surface area contributed by atoms with E-state index in [0.29, 0.717) is 16.5 Å². The molecule has 3 rings (SSSR count). The number of benzene rings is 1. The maximum Gasteiger partial charge on any atom is 0.182 e. The molecule has 0 radical (unpaired) electrons. The predicted octanol–water partition coefficient (Wildman–Crippen LogP) is 2.76. The van der Waals surface area contributed by atoms with Crippen molar-refractivity contribution < 1.29 is 5.11 Å². The maximum atomic E-state index is 9.34. The molecule has 0 fully saturated rings. The summed E-state index contributed by atoms with van der Waals surface area (Å²) < 4.78 is 1.54. The van der Waals surface area contributed by atoms with Gasteiger partial charge in [-0.25, -0.2) is 9.50 Å². The van der Waals surface area contributed by atoms with Crippen molar-refractivity contribution in [1.29, 1.82) is 0 Å². The second-order valence-corrected chi connectivity index (χ2v) is 4.07. The Bertz CT molecular complexity index is 676. The Labute approximate surface area is 102 Å². The molecule has 84 valence electrons. The molecule has 0 aliphatic rings. The number of aromatic hydroxyl groups is 1. The Kier molecular flexibility index (Phi) is 2.23. The second kappa shape index (κ2) is 3.75. The molecule has 0 saturated carbocycles. The minimum atomic E-state index is 0.157. The topological polar surface area (TPSA) is 50.4 Å². The molecule has 0 amide bonds. The lowest BCUT2D eigenvalue weighted by molar-refractivity contribution is 0.470. The summed E-state index contributed by atoms with van der Waals surface area (Å²) in [6, 6.07) is 10.6. The van der Waals surface area contributed by atoms with E-state index in [1.807, 2.05) is 12.1 Å². The van der Waals surface area contributed by atoms with Crippen molar-refractivity contribution in [2.45, 2.75) is 0 Å². The van der Waals surface area contributed by atoms with Gasteiger partial charge in [0.15, 0.2) is 11.5 Å². The molecule has 0 unspecified atom stereocenters. The summed E-state index contributed by atoms with van der Waals surface area (Å²) in [7, 11) is 0. The summed E-state index contributed by atoms with van der Waals surface area (Å²) in [6.45, 7) is 0. The molecule has 1 N–H and O–H groups in total. The van der Waals surface area contributed by atoms with Gasteiger partial charge in [0.25, 0.3) is 0 Å². The van der Waals surface area contributed by atoms with Gasteiger partial charge >= 0.3 is 0 Å². The number of aromatic nitrogens is 3. The molecule has 0 atom stereocenters. The molecule has 2 aromatic heterocycles. The van der Waals surface area contributed by atoms with Gasteiger partial charge in [-0.3, -0.25) is 0 Å². The quantitative estimate of drug-likeness (QED) is 0.717. The summed E-state index contributed by atoms with van der Waals surface area (Å²) in [6.07, 6.45) is 1.52. The van der Waals surface area contributed by atoms with E-state index in [0.717, 1.165) is 5.56 Å². The number of nitrogens with zero attached hydrogens (tertiary/aromatic N) is 3. The van der Waals surface area contributed by atoms with Crippen molar-refractivity contribution in [2.75, 3.05) is 0 Å². The molecule has 0 bridgehead atoms. The minimum Gasteiger partial charge on any atom is -0.506 e. The highest BCUT2D eigenvalue weighted by atomic mass is 35.5. The average molecular weight is 246 g/mol. The molecule has 5 heteroatoms. The molecular formula is C12H8ClN3O. The predicted molar refractivity (Wildman–Crippen MR) is 65.1 cm³/mol. The van der Waals surface area contributed by atoms with Crippen molar-refractivity contribution in [1.82, 2.24) is 14.6 Å². The first kappa shape index (κ1) is 10.1. The molecular weight excluding hydrogens is 238 g/mol. The summed E-state index contributed by atoms with van der Waals surface area (Å²) in [4.78, 5) is 4.35. The van der Waals surface area contributed by atoms with E-state index < -0.39 is 0 Å². The SMILES string of the molecule is Oc1ccc2nc(-c3ccc(Cl)cc3)nn2c1. The largest absolute Gasteiger partial charge is 0.506 e. The molecule has 3 aromatic rings. The van der Waals surface area contributed by atoms with Crippen LogP contribution >= 0.6 is 11.6 Å². The van der Waals surface area contributed by atoms with Crippen LogP contribution in [0.25, 0.3) is 17.0 Å². The third kappa shape index (κ3) is 1.83. The lowest BCUT2D eigenvalue weighted by Crippen LogP contribution is -1.85. The van der Waals surface area contributed by atoms with Crippen LogP contribution in [0.4, 0.5) is 0 Å². The summed E-state index contributed by atoms with van der Waals surface area (Å²) in [5.74, 6) is 0.761. The zero-order valence-corrected chi connectivity index (χ0v) is 9.46. The van der Waals surface area contributed by atoms with Gasteiger partial charge in [-0.15, -0.1) is 5.10 Å².